The Labute approximate surface area is 173 Å². The highest BCUT2D eigenvalue weighted by atomic mass is 35.5. The number of amides is 1. The molecule has 0 spiro atoms. The number of thiophene rings is 1. The summed E-state index contributed by atoms with van der Waals surface area (Å²) in [6, 6.07) is 14.1. The van der Waals surface area contributed by atoms with Crippen LogP contribution in [0.5, 0.6) is 0 Å². The zero-order valence-corrected chi connectivity index (χ0v) is 17.5. The number of nitrogens with one attached hydrogen (secondary N) is 1. The third kappa shape index (κ3) is 5.06. The zero-order valence-electron chi connectivity index (χ0n) is 15.1. The minimum atomic E-state index is -0.326. The van der Waals surface area contributed by atoms with Crippen LogP contribution in [0.4, 0.5) is 10.1 Å². The van der Waals surface area contributed by atoms with Crippen LogP contribution in [0.25, 0.3) is 10.1 Å². The van der Waals surface area contributed by atoms with Gasteiger partial charge in [0.15, 0.2) is 4.88 Å². The van der Waals surface area contributed by atoms with Crippen molar-refractivity contribution in [3.05, 3.63) is 64.2 Å². The van der Waals surface area contributed by atoms with Crippen molar-refractivity contribution in [2.24, 2.45) is 0 Å². The van der Waals surface area contributed by atoms with Gasteiger partial charge < -0.3 is 17.3 Å². The molecule has 1 N–H and O–H groups in total. The number of para-hydroxylation sites is 1. The first-order chi connectivity index (χ1) is 12.5. The summed E-state index contributed by atoms with van der Waals surface area (Å²) in [6.45, 7) is 1.56. The maximum absolute atomic E-state index is 13.5. The molecule has 0 aliphatic heterocycles. The summed E-state index contributed by atoms with van der Waals surface area (Å²) in [5, 5.41) is 1.14. The van der Waals surface area contributed by atoms with E-state index in [9.17, 15) is 9.18 Å². The summed E-state index contributed by atoms with van der Waals surface area (Å²) in [4.78, 5) is 16.6. The molecule has 2 aromatic carbocycles. The second-order valence-corrected chi connectivity index (χ2v) is 7.90. The van der Waals surface area contributed by atoms with Crippen LogP contribution >= 0.6 is 22.9 Å². The van der Waals surface area contributed by atoms with Crippen molar-refractivity contribution in [2.75, 3.05) is 27.2 Å². The van der Waals surface area contributed by atoms with Gasteiger partial charge in [-0.15, -0.1) is 11.3 Å². The van der Waals surface area contributed by atoms with Crippen LogP contribution in [0.15, 0.2) is 48.5 Å². The molecule has 1 amide bonds. The normalized spacial score (nSPS) is 12.2. The zero-order chi connectivity index (χ0) is 18.7. The van der Waals surface area contributed by atoms with Crippen molar-refractivity contribution in [3.63, 3.8) is 0 Å². The number of carbonyl (C=O) groups is 1. The molecule has 1 aromatic heterocycles. The molecule has 27 heavy (non-hydrogen) atoms. The monoisotopic (exact) mass is 426 g/mol. The molecule has 0 bridgehead atoms. The molecule has 3 nitrogen and oxygen atoms in total. The lowest BCUT2D eigenvalue weighted by Crippen LogP contribution is -3.10. The standard InChI is InChI=1S/C20H20ClFN2OS.ClH/c1-23(2)11-6-12-24(15-7-4-3-5-8-15)20(25)19-18(21)16-10-9-14(22)13-17(16)26-19;/h3-5,7-10,13H,6,11-12H2,1-2H3;1H. The highest BCUT2D eigenvalue weighted by Gasteiger charge is 2.28. The molecule has 144 valence electrons. The molecule has 0 radical (unpaired) electrons. The summed E-state index contributed by atoms with van der Waals surface area (Å²) in [5.74, 6) is -0.394. The Bertz CT molecular complexity index is 915. The first-order valence-electron chi connectivity index (χ1n) is 8.45. The second kappa shape index (κ2) is 9.62. The lowest BCUT2D eigenvalue weighted by molar-refractivity contribution is -0.741. The van der Waals surface area contributed by atoms with Gasteiger partial charge in [-0.3, -0.25) is 0 Å². The maximum Gasteiger partial charge on any atom is 0.360 e. The van der Waals surface area contributed by atoms with E-state index in [2.05, 4.69) is 4.90 Å². The van der Waals surface area contributed by atoms with E-state index in [4.69, 9.17) is 11.6 Å². The Morgan fingerprint density at radius 1 is 1.19 bits per heavy atom. The molecule has 0 aliphatic carbocycles. The molecule has 3 rings (SSSR count). The van der Waals surface area contributed by atoms with Gasteiger partial charge in [0.05, 0.1) is 11.6 Å². The van der Waals surface area contributed by atoms with Gasteiger partial charge in [-0.05, 0) is 44.4 Å². The molecular formula is C20H21Cl2FN2OS. The predicted octanol–water partition coefficient (Wildman–Crippen LogP) is 1.01. The number of rotatable bonds is 6. The van der Waals surface area contributed by atoms with E-state index in [1.165, 1.54) is 23.5 Å². The Balaban J connectivity index is 0.00000261. The number of halogens is 3. The summed E-state index contributed by atoms with van der Waals surface area (Å²) in [5.41, 5.74) is 0.913. The van der Waals surface area contributed by atoms with Crippen LogP contribution in [0, 0.1) is 5.82 Å². The summed E-state index contributed by atoms with van der Waals surface area (Å²) >= 11 is 7.72. The number of hydrogen-bond acceptors (Lipinski definition) is 3. The van der Waals surface area contributed by atoms with E-state index < -0.39 is 0 Å². The van der Waals surface area contributed by atoms with Crippen molar-refractivity contribution in [3.8, 4) is 0 Å². The summed E-state index contributed by atoms with van der Waals surface area (Å²) in [7, 11) is 4.03. The number of carbonyl (C=O) groups excluding carboxylic acids is 1. The number of hydrogen-bond donors (Lipinski definition) is 1. The molecule has 1 heterocycles. The average Bonchev–Trinajstić information content (AvgIpc) is 2.94. The van der Waals surface area contributed by atoms with Crippen LogP contribution in [0.2, 0.25) is 5.02 Å². The van der Waals surface area contributed by atoms with Crippen molar-refractivity contribution in [1.29, 1.82) is 0 Å². The first-order valence-corrected chi connectivity index (χ1v) is 9.65. The molecule has 1 unspecified atom stereocenters. The van der Waals surface area contributed by atoms with Crippen LogP contribution in [-0.2, 0) is 0 Å². The fraction of sp³-hybridized carbons (Fsp3) is 0.250. The highest BCUT2D eigenvalue weighted by molar-refractivity contribution is 7.21. The van der Waals surface area contributed by atoms with Crippen LogP contribution < -0.4 is 17.3 Å². The number of nitrogens with zero attached hydrogens (tertiary/aromatic N) is 1. The van der Waals surface area contributed by atoms with Gasteiger partial charge in [0.25, 0.3) is 0 Å². The predicted molar refractivity (Wildman–Crippen MR) is 106 cm³/mol. The molecule has 0 saturated carbocycles. The van der Waals surface area contributed by atoms with Crippen molar-refractivity contribution in [2.45, 2.75) is 6.42 Å². The van der Waals surface area contributed by atoms with Gasteiger partial charge in [0, 0.05) is 23.1 Å². The number of quaternary nitrogens is 1. The minimum absolute atomic E-state index is 0. The van der Waals surface area contributed by atoms with Gasteiger partial charge in [-0.25, -0.2) is 14.1 Å². The van der Waals surface area contributed by atoms with E-state index in [0.29, 0.717) is 21.1 Å². The van der Waals surface area contributed by atoms with Gasteiger partial charge in [0.2, 0.25) is 0 Å². The maximum atomic E-state index is 13.5. The van der Waals surface area contributed by atoms with Crippen LogP contribution in [0.1, 0.15) is 16.1 Å². The van der Waals surface area contributed by atoms with E-state index in [1.807, 2.05) is 44.4 Å². The minimum Gasteiger partial charge on any atom is -1.00 e. The van der Waals surface area contributed by atoms with E-state index >= 15 is 0 Å². The molecule has 1 atom stereocenters. The van der Waals surface area contributed by atoms with Gasteiger partial charge in [0.1, 0.15) is 11.5 Å². The third-order valence-electron chi connectivity index (χ3n) is 4.23. The number of benzene rings is 2. The Hall–Kier alpha value is -1.50. The van der Waals surface area contributed by atoms with Crippen molar-refractivity contribution < 1.29 is 26.5 Å². The quantitative estimate of drug-likeness (QED) is 0.635. The fourth-order valence-corrected chi connectivity index (χ4v) is 4.43. The highest BCUT2D eigenvalue weighted by Crippen LogP contribution is 2.35. The van der Waals surface area contributed by atoms with Crippen LogP contribution in [0.3, 0.4) is 0 Å². The molecule has 0 saturated heterocycles. The topological polar surface area (TPSA) is 24.8 Å². The molecule has 3 aromatic rings. The molecule has 7 heteroatoms. The molecule has 0 aliphatic rings. The second-order valence-electron chi connectivity index (χ2n) is 6.47. The fourth-order valence-electron chi connectivity index (χ4n) is 2.92. The Morgan fingerprint density at radius 2 is 1.89 bits per heavy atom. The molecule has 0 fully saturated rings. The van der Waals surface area contributed by atoms with Gasteiger partial charge in [-0.1, -0.05) is 29.8 Å². The third-order valence-corrected chi connectivity index (χ3v) is 5.88. The largest absolute Gasteiger partial charge is 1.00 e. The van der Waals surface area contributed by atoms with Gasteiger partial charge in [-0.2, -0.15) is 0 Å². The van der Waals surface area contributed by atoms with Gasteiger partial charge >= 0.3 is 5.91 Å². The smallest absolute Gasteiger partial charge is 0.360 e. The lowest BCUT2D eigenvalue weighted by Gasteiger charge is -2.17. The SMILES string of the molecule is CN(C)CCC[NH+](C(=O)c1sc2cc(F)ccc2c1Cl)c1ccccc1.[Cl-]. The molecular weight excluding hydrogens is 406 g/mol. The van der Waals surface area contributed by atoms with E-state index in [1.54, 1.807) is 6.07 Å². The van der Waals surface area contributed by atoms with Crippen molar-refractivity contribution >= 4 is 44.6 Å². The van der Waals surface area contributed by atoms with E-state index in [-0.39, 0.29) is 24.1 Å². The average molecular weight is 427 g/mol. The Morgan fingerprint density at radius 3 is 2.56 bits per heavy atom. The van der Waals surface area contributed by atoms with Crippen LogP contribution in [-0.4, -0.2) is 38.0 Å². The summed E-state index contributed by atoms with van der Waals surface area (Å²) < 4.78 is 14.2. The first kappa shape index (κ1) is 21.8. The Kier molecular flexibility index (Phi) is 7.77. The van der Waals surface area contributed by atoms with Crippen molar-refractivity contribution in [1.82, 2.24) is 4.90 Å². The van der Waals surface area contributed by atoms with E-state index in [0.717, 1.165) is 28.9 Å². The lowest BCUT2D eigenvalue weighted by atomic mass is 10.2. The summed E-state index contributed by atoms with van der Waals surface area (Å²) in [6.07, 6.45) is 0.875. The number of fused-ring (bicyclic) bond motifs is 1.